The molecule has 0 amide bonds. The first-order valence-corrected chi connectivity index (χ1v) is 6.59. The first-order valence-electron chi connectivity index (χ1n) is 6.59. The van der Waals surface area contributed by atoms with E-state index in [0.29, 0.717) is 19.0 Å². The third-order valence-corrected chi connectivity index (χ3v) is 3.23. The minimum Gasteiger partial charge on any atom is -0.387 e. The van der Waals surface area contributed by atoms with Gasteiger partial charge in [-0.1, -0.05) is 38.1 Å². The van der Waals surface area contributed by atoms with Crippen molar-refractivity contribution in [3.8, 4) is 0 Å². The lowest BCUT2D eigenvalue weighted by atomic mass is 10.1. The van der Waals surface area contributed by atoms with Crippen molar-refractivity contribution in [2.24, 2.45) is 5.73 Å². The van der Waals surface area contributed by atoms with Gasteiger partial charge in [-0.25, -0.2) is 4.98 Å². The average molecular weight is 259 g/mol. The van der Waals surface area contributed by atoms with E-state index >= 15 is 0 Å². The van der Waals surface area contributed by atoms with E-state index in [2.05, 4.69) is 18.8 Å². The van der Waals surface area contributed by atoms with Crippen LogP contribution in [0.1, 0.15) is 42.8 Å². The predicted molar refractivity (Wildman–Crippen MR) is 75.6 cm³/mol. The zero-order chi connectivity index (χ0) is 13.8. The summed E-state index contributed by atoms with van der Waals surface area (Å²) in [6, 6.07) is 7.77. The molecule has 0 saturated carbocycles. The van der Waals surface area contributed by atoms with E-state index < -0.39 is 6.10 Å². The van der Waals surface area contributed by atoms with Crippen LogP contribution >= 0.6 is 0 Å². The summed E-state index contributed by atoms with van der Waals surface area (Å²) in [5, 5.41) is 10.3. The molecule has 4 heteroatoms. The molecule has 1 heterocycles. The van der Waals surface area contributed by atoms with Crippen molar-refractivity contribution in [3.05, 3.63) is 53.6 Å². The molecule has 0 aliphatic heterocycles. The molecule has 2 aromatic rings. The maximum Gasteiger partial charge on any atom is 0.111 e. The Hall–Kier alpha value is -1.65. The number of benzene rings is 1. The van der Waals surface area contributed by atoms with Gasteiger partial charge in [0.1, 0.15) is 5.82 Å². The van der Waals surface area contributed by atoms with Gasteiger partial charge in [0, 0.05) is 24.9 Å². The Bertz CT molecular complexity index is 516. The highest BCUT2D eigenvalue weighted by molar-refractivity contribution is 5.24. The van der Waals surface area contributed by atoms with Crippen molar-refractivity contribution >= 4 is 0 Å². The summed E-state index contributed by atoms with van der Waals surface area (Å²) in [7, 11) is 0. The van der Waals surface area contributed by atoms with E-state index in [1.165, 1.54) is 0 Å². The second-order valence-corrected chi connectivity index (χ2v) is 5.05. The first-order chi connectivity index (χ1) is 9.11. The number of hydrogen-bond donors (Lipinski definition) is 2. The quantitative estimate of drug-likeness (QED) is 0.865. The van der Waals surface area contributed by atoms with E-state index in [0.717, 1.165) is 17.0 Å². The summed E-state index contributed by atoms with van der Waals surface area (Å²) in [4.78, 5) is 4.33. The van der Waals surface area contributed by atoms with Crippen molar-refractivity contribution < 1.29 is 5.11 Å². The molecule has 1 aromatic heterocycles. The van der Waals surface area contributed by atoms with Gasteiger partial charge in [0.05, 0.1) is 12.6 Å². The Balaban J connectivity index is 2.11. The number of nitrogens with two attached hydrogens (primary N) is 1. The van der Waals surface area contributed by atoms with Gasteiger partial charge < -0.3 is 15.4 Å². The second kappa shape index (κ2) is 5.99. The number of aromatic nitrogens is 2. The minimum absolute atomic E-state index is 0.349. The van der Waals surface area contributed by atoms with Crippen LogP contribution in [0, 0.1) is 0 Å². The van der Waals surface area contributed by atoms with Gasteiger partial charge in [0.2, 0.25) is 0 Å². The van der Waals surface area contributed by atoms with Gasteiger partial charge in [-0.2, -0.15) is 0 Å². The second-order valence-electron chi connectivity index (χ2n) is 5.05. The van der Waals surface area contributed by atoms with Crippen LogP contribution in [0.2, 0.25) is 0 Å². The molecule has 0 fully saturated rings. The Kier molecular flexibility index (Phi) is 4.35. The van der Waals surface area contributed by atoms with Crippen LogP contribution in [0.25, 0.3) is 0 Å². The summed E-state index contributed by atoms with van der Waals surface area (Å²) in [6.45, 7) is 5.24. The number of hydrogen-bond acceptors (Lipinski definition) is 3. The van der Waals surface area contributed by atoms with Crippen molar-refractivity contribution in [3.63, 3.8) is 0 Å². The highest BCUT2D eigenvalue weighted by Crippen LogP contribution is 2.19. The van der Waals surface area contributed by atoms with Crippen molar-refractivity contribution in [1.29, 1.82) is 0 Å². The molecule has 0 aliphatic rings. The van der Waals surface area contributed by atoms with Gasteiger partial charge in [-0.3, -0.25) is 0 Å². The molecule has 1 atom stereocenters. The molecular weight excluding hydrogens is 238 g/mol. The molecule has 3 N–H and O–H groups in total. The Labute approximate surface area is 113 Å². The molecule has 1 unspecified atom stereocenters. The monoisotopic (exact) mass is 259 g/mol. The summed E-state index contributed by atoms with van der Waals surface area (Å²) in [5.74, 6) is 1.35. The molecular formula is C15H21N3O. The van der Waals surface area contributed by atoms with E-state index in [1.807, 2.05) is 35.0 Å². The van der Waals surface area contributed by atoms with Crippen molar-refractivity contribution in [2.45, 2.75) is 39.0 Å². The number of nitrogens with zero attached hydrogens (tertiary/aromatic N) is 2. The number of aliphatic hydroxyl groups is 1. The molecule has 2 rings (SSSR count). The molecule has 0 radical (unpaired) electrons. The van der Waals surface area contributed by atoms with Gasteiger partial charge in [-0.15, -0.1) is 0 Å². The normalized spacial score (nSPS) is 12.9. The number of imidazole rings is 1. The van der Waals surface area contributed by atoms with Crippen LogP contribution in [0.5, 0.6) is 0 Å². The summed E-state index contributed by atoms with van der Waals surface area (Å²) >= 11 is 0. The largest absolute Gasteiger partial charge is 0.387 e. The first kappa shape index (κ1) is 13.8. The SMILES string of the molecule is CC(C)c1nccn1CC(O)c1ccc(CN)cc1. The van der Waals surface area contributed by atoms with Gasteiger partial charge in [-0.05, 0) is 11.1 Å². The van der Waals surface area contributed by atoms with Crippen LogP contribution in [-0.2, 0) is 13.1 Å². The summed E-state index contributed by atoms with van der Waals surface area (Å²) in [6.07, 6.45) is 3.16. The Morgan fingerprint density at radius 1 is 1.26 bits per heavy atom. The van der Waals surface area contributed by atoms with Crippen LogP contribution in [-0.4, -0.2) is 14.7 Å². The molecule has 0 bridgehead atoms. The Morgan fingerprint density at radius 2 is 1.95 bits per heavy atom. The topological polar surface area (TPSA) is 64.1 Å². The van der Waals surface area contributed by atoms with Crippen LogP contribution in [0.3, 0.4) is 0 Å². The fraction of sp³-hybridized carbons (Fsp3) is 0.400. The molecule has 0 spiro atoms. The van der Waals surface area contributed by atoms with Crippen LogP contribution in [0.4, 0.5) is 0 Å². The van der Waals surface area contributed by atoms with Gasteiger partial charge in [0.15, 0.2) is 0 Å². The lowest BCUT2D eigenvalue weighted by Crippen LogP contribution is -2.12. The molecule has 0 aliphatic carbocycles. The van der Waals surface area contributed by atoms with E-state index in [4.69, 9.17) is 5.73 Å². The average Bonchev–Trinajstić information content (AvgIpc) is 2.87. The predicted octanol–water partition coefficient (Wildman–Crippen LogP) is 2.20. The smallest absolute Gasteiger partial charge is 0.111 e. The standard InChI is InChI=1S/C15H21N3O/c1-11(2)15-17-7-8-18(15)10-14(19)13-5-3-12(9-16)4-6-13/h3-8,11,14,19H,9-10,16H2,1-2H3. The van der Waals surface area contributed by atoms with E-state index in [9.17, 15) is 5.11 Å². The molecule has 19 heavy (non-hydrogen) atoms. The molecule has 0 saturated heterocycles. The fourth-order valence-electron chi connectivity index (χ4n) is 2.14. The summed E-state index contributed by atoms with van der Waals surface area (Å²) < 4.78 is 2.01. The van der Waals surface area contributed by atoms with E-state index in [-0.39, 0.29) is 0 Å². The third-order valence-electron chi connectivity index (χ3n) is 3.23. The number of rotatable bonds is 5. The maximum absolute atomic E-state index is 10.3. The lowest BCUT2D eigenvalue weighted by molar-refractivity contribution is 0.155. The Morgan fingerprint density at radius 3 is 2.53 bits per heavy atom. The third kappa shape index (κ3) is 3.22. The number of aliphatic hydroxyl groups excluding tert-OH is 1. The zero-order valence-electron chi connectivity index (χ0n) is 11.5. The fourth-order valence-corrected chi connectivity index (χ4v) is 2.14. The molecule has 102 valence electrons. The van der Waals surface area contributed by atoms with Crippen molar-refractivity contribution in [1.82, 2.24) is 9.55 Å². The highest BCUT2D eigenvalue weighted by Gasteiger charge is 2.12. The zero-order valence-corrected chi connectivity index (χ0v) is 11.5. The maximum atomic E-state index is 10.3. The van der Waals surface area contributed by atoms with Crippen LogP contribution < -0.4 is 5.73 Å². The molecule has 4 nitrogen and oxygen atoms in total. The molecule has 1 aromatic carbocycles. The van der Waals surface area contributed by atoms with Gasteiger partial charge in [0.25, 0.3) is 0 Å². The van der Waals surface area contributed by atoms with Gasteiger partial charge >= 0.3 is 0 Å². The van der Waals surface area contributed by atoms with Crippen molar-refractivity contribution in [2.75, 3.05) is 0 Å². The lowest BCUT2D eigenvalue weighted by Gasteiger charge is -2.15. The van der Waals surface area contributed by atoms with E-state index in [1.54, 1.807) is 6.20 Å². The highest BCUT2D eigenvalue weighted by atomic mass is 16.3. The minimum atomic E-state index is -0.529. The van der Waals surface area contributed by atoms with Crippen LogP contribution in [0.15, 0.2) is 36.7 Å². The summed E-state index contributed by atoms with van der Waals surface area (Å²) in [5.41, 5.74) is 7.54.